The number of nitrogen functional groups attached to an aromatic ring is 1. The third-order valence-electron chi connectivity index (χ3n) is 3.11. The number of nitrogens with one attached hydrogen (secondary N) is 1. The van der Waals surface area contributed by atoms with Gasteiger partial charge < -0.3 is 15.8 Å². The van der Waals surface area contributed by atoms with E-state index in [2.05, 4.69) is 10.3 Å². The molecule has 0 saturated carbocycles. The second-order valence-corrected chi connectivity index (χ2v) is 4.61. The van der Waals surface area contributed by atoms with Crippen LogP contribution in [0.1, 0.15) is 28.5 Å². The van der Waals surface area contributed by atoms with Gasteiger partial charge in [-0.15, -0.1) is 0 Å². The molecule has 0 aliphatic rings. The Hall–Kier alpha value is -2.56. The molecule has 0 unspecified atom stereocenters. The number of aromatic nitrogens is 1. The lowest BCUT2D eigenvalue weighted by molar-refractivity contribution is 0.0946. The van der Waals surface area contributed by atoms with E-state index in [0.717, 1.165) is 11.3 Å². The molecule has 0 radical (unpaired) electrons. The second kappa shape index (κ2) is 6.74. The zero-order valence-electron chi connectivity index (χ0n) is 12.2. The Labute approximate surface area is 124 Å². The van der Waals surface area contributed by atoms with E-state index in [1.54, 1.807) is 24.4 Å². The van der Waals surface area contributed by atoms with E-state index < -0.39 is 0 Å². The number of benzene rings is 1. The van der Waals surface area contributed by atoms with Gasteiger partial charge in [0.15, 0.2) is 5.75 Å². The van der Waals surface area contributed by atoms with Crippen molar-refractivity contribution in [1.82, 2.24) is 10.3 Å². The van der Waals surface area contributed by atoms with Gasteiger partial charge in [0.05, 0.1) is 30.1 Å². The van der Waals surface area contributed by atoms with Gasteiger partial charge >= 0.3 is 0 Å². The SMILES string of the molecule is CCOc1c(N)cccc1C(=O)NCc1ncccc1C. The average molecular weight is 285 g/mol. The summed E-state index contributed by atoms with van der Waals surface area (Å²) in [6, 6.07) is 8.97. The number of aryl methyl sites for hydroxylation is 1. The number of anilines is 1. The third kappa shape index (κ3) is 3.51. The summed E-state index contributed by atoms with van der Waals surface area (Å²) in [6.45, 7) is 4.63. The fourth-order valence-corrected chi connectivity index (χ4v) is 2.00. The van der Waals surface area contributed by atoms with Crippen LogP contribution in [0.25, 0.3) is 0 Å². The monoisotopic (exact) mass is 285 g/mol. The van der Waals surface area contributed by atoms with Crippen molar-refractivity contribution in [3.8, 4) is 5.75 Å². The number of para-hydroxylation sites is 1. The second-order valence-electron chi connectivity index (χ2n) is 4.61. The number of pyridine rings is 1. The Morgan fingerprint density at radius 2 is 2.14 bits per heavy atom. The number of hydrogen-bond acceptors (Lipinski definition) is 4. The van der Waals surface area contributed by atoms with Crippen LogP contribution in [0.2, 0.25) is 0 Å². The number of rotatable bonds is 5. The molecule has 0 spiro atoms. The van der Waals surface area contributed by atoms with E-state index in [1.165, 1.54) is 0 Å². The zero-order valence-corrected chi connectivity index (χ0v) is 12.2. The Morgan fingerprint density at radius 3 is 2.86 bits per heavy atom. The summed E-state index contributed by atoms with van der Waals surface area (Å²) in [4.78, 5) is 16.6. The Morgan fingerprint density at radius 1 is 1.33 bits per heavy atom. The maximum absolute atomic E-state index is 12.3. The van der Waals surface area contributed by atoms with Crippen LogP contribution >= 0.6 is 0 Å². The van der Waals surface area contributed by atoms with Gasteiger partial charge in [-0.3, -0.25) is 9.78 Å². The maximum Gasteiger partial charge on any atom is 0.255 e. The molecule has 1 aromatic carbocycles. The lowest BCUT2D eigenvalue weighted by atomic mass is 10.1. The molecule has 3 N–H and O–H groups in total. The van der Waals surface area contributed by atoms with E-state index in [1.807, 2.05) is 26.0 Å². The van der Waals surface area contributed by atoms with Gasteiger partial charge in [0.2, 0.25) is 0 Å². The smallest absolute Gasteiger partial charge is 0.255 e. The predicted molar refractivity (Wildman–Crippen MR) is 82.2 cm³/mol. The van der Waals surface area contributed by atoms with Crippen molar-refractivity contribution in [2.45, 2.75) is 20.4 Å². The van der Waals surface area contributed by atoms with Gasteiger partial charge in [-0.25, -0.2) is 0 Å². The first-order valence-corrected chi connectivity index (χ1v) is 6.83. The highest BCUT2D eigenvalue weighted by atomic mass is 16.5. The Kier molecular flexibility index (Phi) is 4.77. The molecule has 110 valence electrons. The molecule has 0 bridgehead atoms. The number of amides is 1. The Balaban J connectivity index is 2.14. The van der Waals surface area contributed by atoms with Crippen molar-refractivity contribution in [3.05, 3.63) is 53.3 Å². The fraction of sp³-hybridized carbons (Fsp3) is 0.250. The van der Waals surface area contributed by atoms with Crippen molar-refractivity contribution in [2.24, 2.45) is 0 Å². The van der Waals surface area contributed by atoms with E-state index in [-0.39, 0.29) is 5.91 Å². The largest absolute Gasteiger partial charge is 0.491 e. The molecule has 0 saturated heterocycles. The number of nitrogens with two attached hydrogens (primary N) is 1. The van der Waals surface area contributed by atoms with Gasteiger partial charge in [-0.05, 0) is 37.6 Å². The first kappa shape index (κ1) is 14.8. The molecular weight excluding hydrogens is 266 g/mol. The molecule has 0 aliphatic carbocycles. The van der Waals surface area contributed by atoms with Crippen LogP contribution in [0.4, 0.5) is 5.69 Å². The summed E-state index contributed by atoms with van der Waals surface area (Å²) in [5.41, 5.74) is 8.63. The van der Waals surface area contributed by atoms with E-state index >= 15 is 0 Å². The summed E-state index contributed by atoms with van der Waals surface area (Å²) in [5, 5.41) is 2.85. The highest BCUT2D eigenvalue weighted by Gasteiger charge is 2.15. The zero-order chi connectivity index (χ0) is 15.2. The third-order valence-corrected chi connectivity index (χ3v) is 3.11. The van der Waals surface area contributed by atoms with Crippen molar-refractivity contribution in [1.29, 1.82) is 0 Å². The molecule has 0 fully saturated rings. The van der Waals surface area contributed by atoms with Gasteiger partial charge in [0, 0.05) is 6.20 Å². The maximum atomic E-state index is 12.3. The molecule has 1 heterocycles. The minimum atomic E-state index is -0.226. The van der Waals surface area contributed by atoms with Gasteiger partial charge in [0.1, 0.15) is 0 Å². The molecule has 5 heteroatoms. The summed E-state index contributed by atoms with van der Waals surface area (Å²) < 4.78 is 5.46. The summed E-state index contributed by atoms with van der Waals surface area (Å²) >= 11 is 0. The lowest BCUT2D eigenvalue weighted by Gasteiger charge is -2.13. The lowest BCUT2D eigenvalue weighted by Crippen LogP contribution is -2.24. The van der Waals surface area contributed by atoms with E-state index in [9.17, 15) is 4.79 Å². The van der Waals surface area contributed by atoms with Crippen molar-refractivity contribution < 1.29 is 9.53 Å². The predicted octanol–water partition coefficient (Wildman–Crippen LogP) is 2.30. The number of hydrogen-bond donors (Lipinski definition) is 2. The molecule has 0 atom stereocenters. The molecule has 21 heavy (non-hydrogen) atoms. The molecule has 2 rings (SSSR count). The number of ether oxygens (including phenoxy) is 1. The molecular formula is C16H19N3O2. The van der Waals surface area contributed by atoms with E-state index in [0.29, 0.717) is 30.2 Å². The summed E-state index contributed by atoms with van der Waals surface area (Å²) in [7, 11) is 0. The van der Waals surface area contributed by atoms with Crippen LogP contribution < -0.4 is 15.8 Å². The average Bonchev–Trinajstić information content (AvgIpc) is 2.48. The molecule has 2 aromatic rings. The van der Waals surface area contributed by atoms with Gasteiger partial charge in [-0.1, -0.05) is 12.1 Å². The molecule has 0 aliphatic heterocycles. The quantitative estimate of drug-likeness (QED) is 0.826. The van der Waals surface area contributed by atoms with Crippen LogP contribution in [0.15, 0.2) is 36.5 Å². The van der Waals surface area contributed by atoms with E-state index in [4.69, 9.17) is 10.5 Å². The summed E-state index contributed by atoms with van der Waals surface area (Å²) in [6.07, 6.45) is 1.71. The summed E-state index contributed by atoms with van der Waals surface area (Å²) in [5.74, 6) is 0.200. The molecule has 5 nitrogen and oxygen atoms in total. The molecule has 1 amide bonds. The minimum Gasteiger partial charge on any atom is -0.491 e. The normalized spacial score (nSPS) is 10.2. The van der Waals surface area contributed by atoms with Crippen molar-refractivity contribution >= 4 is 11.6 Å². The number of carbonyl (C=O) groups is 1. The topological polar surface area (TPSA) is 77.2 Å². The minimum absolute atomic E-state index is 0.226. The number of nitrogens with zero attached hydrogens (tertiary/aromatic N) is 1. The van der Waals surface area contributed by atoms with Crippen molar-refractivity contribution in [3.63, 3.8) is 0 Å². The van der Waals surface area contributed by atoms with Gasteiger partial charge in [0.25, 0.3) is 5.91 Å². The highest BCUT2D eigenvalue weighted by Crippen LogP contribution is 2.26. The van der Waals surface area contributed by atoms with Gasteiger partial charge in [-0.2, -0.15) is 0 Å². The Bertz CT molecular complexity index is 641. The van der Waals surface area contributed by atoms with Crippen LogP contribution in [-0.2, 0) is 6.54 Å². The van der Waals surface area contributed by atoms with Crippen LogP contribution in [0, 0.1) is 6.92 Å². The van der Waals surface area contributed by atoms with Crippen LogP contribution in [0.3, 0.4) is 0 Å². The highest BCUT2D eigenvalue weighted by molar-refractivity contribution is 5.98. The first-order valence-electron chi connectivity index (χ1n) is 6.83. The van der Waals surface area contributed by atoms with Crippen LogP contribution in [0.5, 0.6) is 5.75 Å². The standard InChI is InChI=1S/C16H19N3O2/c1-3-21-15-12(7-4-8-13(15)17)16(20)19-10-14-11(2)6-5-9-18-14/h4-9H,3,10,17H2,1-2H3,(H,19,20). The van der Waals surface area contributed by atoms with Crippen LogP contribution in [-0.4, -0.2) is 17.5 Å². The number of carbonyl (C=O) groups excluding carboxylic acids is 1. The fourth-order valence-electron chi connectivity index (χ4n) is 2.00. The molecule has 1 aromatic heterocycles. The first-order chi connectivity index (χ1) is 10.1. The van der Waals surface area contributed by atoms with Crippen molar-refractivity contribution in [2.75, 3.05) is 12.3 Å².